The monoisotopic (exact) mass is 381 g/mol. The molecule has 0 aromatic carbocycles. The van der Waals surface area contributed by atoms with Crippen molar-refractivity contribution in [3.63, 3.8) is 0 Å². The lowest BCUT2D eigenvalue weighted by atomic mass is 9.98. The molecule has 2 aromatic rings. The summed E-state index contributed by atoms with van der Waals surface area (Å²) in [5, 5.41) is 6.89. The first-order valence-electron chi connectivity index (χ1n) is 7.51. The van der Waals surface area contributed by atoms with E-state index in [1.807, 2.05) is 12.4 Å². The standard InChI is InChI=1S/C15H23N5.3ClH/c1-11(2)18-15-19-13-9-17-8-5-14(13)20(15)10-12-3-6-16-7-4-12;;;/h5,8-9,11-12,16H,3-4,6-7,10H2,1-2H3,(H,18,19);3*1H. The Kier molecular flexibility index (Phi) is 9.85. The molecule has 23 heavy (non-hydrogen) atoms. The third-order valence-corrected chi connectivity index (χ3v) is 3.87. The van der Waals surface area contributed by atoms with Crippen LogP contribution < -0.4 is 10.6 Å². The number of nitrogens with zero attached hydrogens (tertiary/aromatic N) is 3. The second kappa shape index (κ2) is 10.2. The number of aromatic nitrogens is 3. The summed E-state index contributed by atoms with van der Waals surface area (Å²) in [5.74, 6) is 1.70. The molecule has 2 aromatic heterocycles. The highest BCUT2D eigenvalue weighted by molar-refractivity contribution is 5.86. The van der Waals surface area contributed by atoms with Crippen LogP contribution in [0.3, 0.4) is 0 Å². The van der Waals surface area contributed by atoms with E-state index in [4.69, 9.17) is 4.98 Å². The normalized spacial score (nSPS) is 14.7. The SMILES string of the molecule is CC(C)Nc1nc2cnccc2n1CC1CCNCC1.Cl.Cl.Cl. The van der Waals surface area contributed by atoms with Crippen LogP contribution in [0.5, 0.6) is 0 Å². The molecular weight excluding hydrogens is 357 g/mol. The number of nitrogens with one attached hydrogen (secondary N) is 2. The molecule has 3 heterocycles. The van der Waals surface area contributed by atoms with E-state index in [1.54, 1.807) is 0 Å². The molecule has 0 bridgehead atoms. The first-order chi connectivity index (χ1) is 9.74. The van der Waals surface area contributed by atoms with Crippen LogP contribution >= 0.6 is 37.2 Å². The second-order valence-electron chi connectivity index (χ2n) is 5.90. The molecule has 1 saturated heterocycles. The smallest absolute Gasteiger partial charge is 0.204 e. The van der Waals surface area contributed by atoms with Crippen LogP contribution in [-0.2, 0) is 6.54 Å². The van der Waals surface area contributed by atoms with Crippen molar-refractivity contribution in [3.8, 4) is 0 Å². The molecule has 0 amide bonds. The van der Waals surface area contributed by atoms with Crippen LogP contribution in [0.2, 0.25) is 0 Å². The predicted molar refractivity (Wildman–Crippen MR) is 104 cm³/mol. The van der Waals surface area contributed by atoms with Crippen molar-refractivity contribution >= 4 is 54.2 Å². The van der Waals surface area contributed by atoms with E-state index in [2.05, 4.69) is 40.1 Å². The molecule has 1 aliphatic rings. The fourth-order valence-corrected chi connectivity index (χ4v) is 2.86. The quantitative estimate of drug-likeness (QED) is 0.849. The van der Waals surface area contributed by atoms with E-state index in [1.165, 1.54) is 18.4 Å². The Labute approximate surface area is 156 Å². The Morgan fingerprint density at radius 2 is 1.96 bits per heavy atom. The van der Waals surface area contributed by atoms with Gasteiger partial charge in [0, 0.05) is 18.8 Å². The third kappa shape index (κ3) is 5.38. The van der Waals surface area contributed by atoms with Gasteiger partial charge in [-0.1, -0.05) is 0 Å². The van der Waals surface area contributed by atoms with Gasteiger partial charge in [-0.2, -0.15) is 0 Å². The Hall–Kier alpha value is -0.750. The highest BCUT2D eigenvalue weighted by atomic mass is 35.5. The topological polar surface area (TPSA) is 54.8 Å². The van der Waals surface area contributed by atoms with Crippen LogP contribution in [-0.4, -0.2) is 33.7 Å². The summed E-state index contributed by atoms with van der Waals surface area (Å²) in [6.45, 7) is 7.59. The number of halogens is 3. The molecular formula is C15H26Cl3N5. The Balaban J connectivity index is 0.00000161. The van der Waals surface area contributed by atoms with Gasteiger partial charge in [-0.15, -0.1) is 37.2 Å². The minimum Gasteiger partial charge on any atom is -0.353 e. The lowest BCUT2D eigenvalue weighted by Gasteiger charge is -2.24. The molecule has 132 valence electrons. The summed E-state index contributed by atoms with van der Waals surface area (Å²) >= 11 is 0. The number of imidazole rings is 1. The van der Waals surface area contributed by atoms with Crippen LogP contribution in [0.15, 0.2) is 18.5 Å². The molecule has 1 aliphatic heterocycles. The highest BCUT2D eigenvalue weighted by Gasteiger charge is 2.18. The first kappa shape index (κ1) is 22.2. The van der Waals surface area contributed by atoms with Crippen LogP contribution in [0.1, 0.15) is 26.7 Å². The molecule has 0 atom stereocenters. The second-order valence-corrected chi connectivity index (χ2v) is 5.90. The van der Waals surface area contributed by atoms with E-state index in [9.17, 15) is 0 Å². The Morgan fingerprint density at radius 3 is 2.61 bits per heavy atom. The van der Waals surface area contributed by atoms with Crippen molar-refractivity contribution in [2.24, 2.45) is 5.92 Å². The van der Waals surface area contributed by atoms with Gasteiger partial charge in [-0.25, -0.2) is 4.98 Å². The molecule has 0 radical (unpaired) electrons. The average molecular weight is 383 g/mol. The molecule has 8 heteroatoms. The largest absolute Gasteiger partial charge is 0.353 e. The maximum Gasteiger partial charge on any atom is 0.204 e. The Morgan fingerprint density at radius 1 is 1.26 bits per heavy atom. The molecule has 1 fully saturated rings. The van der Waals surface area contributed by atoms with Crippen LogP contribution in [0.4, 0.5) is 5.95 Å². The number of piperidine rings is 1. The minimum absolute atomic E-state index is 0. The molecule has 0 spiro atoms. The van der Waals surface area contributed by atoms with Gasteiger partial charge in [0.2, 0.25) is 5.95 Å². The van der Waals surface area contributed by atoms with Gasteiger partial charge < -0.3 is 15.2 Å². The van der Waals surface area contributed by atoms with Gasteiger partial charge in [-0.3, -0.25) is 4.98 Å². The van der Waals surface area contributed by atoms with E-state index >= 15 is 0 Å². The fraction of sp³-hybridized carbons (Fsp3) is 0.600. The molecule has 0 aliphatic carbocycles. The van der Waals surface area contributed by atoms with Crippen molar-refractivity contribution in [1.82, 2.24) is 19.9 Å². The lowest BCUT2D eigenvalue weighted by Crippen LogP contribution is -2.30. The average Bonchev–Trinajstić information content (AvgIpc) is 2.77. The van der Waals surface area contributed by atoms with Gasteiger partial charge in [0.25, 0.3) is 0 Å². The first-order valence-corrected chi connectivity index (χ1v) is 7.51. The highest BCUT2D eigenvalue weighted by Crippen LogP contribution is 2.23. The maximum atomic E-state index is 4.69. The fourth-order valence-electron chi connectivity index (χ4n) is 2.86. The molecule has 2 N–H and O–H groups in total. The summed E-state index contributed by atoms with van der Waals surface area (Å²) < 4.78 is 2.33. The summed E-state index contributed by atoms with van der Waals surface area (Å²) in [6, 6.07) is 2.45. The number of hydrogen-bond donors (Lipinski definition) is 2. The summed E-state index contributed by atoms with van der Waals surface area (Å²) in [7, 11) is 0. The molecule has 5 nitrogen and oxygen atoms in total. The van der Waals surface area contributed by atoms with E-state index in [-0.39, 0.29) is 37.2 Å². The number of pyridine rings is 1. The van der Waals surface area contributed by atoms with Crippen LogP contribution in [0.25, 0.3) is 11.0 Å². The zero-order valence-corrected chi connectivity index (χ0v) is 15.9. The molecule has 0 saturated carbocycles. The Bertz CT molecular complexity index is 581. The van der Waals surface area contributed by atoms with Gasteiger partial charge in [0.1, 0.15) is 5.52 Å². The zero-order valence-electron chi connectivity index (χ0n) is 13.5. The van der Waals surface area contributed by atoms with Gasteiger partial charge in [-0.05, 0) is 51.8 Å². The van der Waals surface area contributed by atoms with Crippen molar-refractivity contribution in [1.29, 1.82) is 0 Å². The van der Waals surface area contributed by atoms with E-state index in [0.29, 0.717) is 6.04 Å². The van der Waals surface area contributed by atoms with E-state index < -0.39 is 0 Å². The van der Waals surface area contributed by atoms with Gasteiger partial charge in [0.05, 0.1) is 11.7 Å². The maximum absolute atomic E-state index is 4.69. The lowest BCUT2D eigenvalue weighted by molar-refractivity contribution is 0.337. The van der Waals surface area contributed by atoms with Crippen molar-refractivity contribution in [2.45, 2.75) is 39.3 Å². The summed E-state index contributed by atoms with van der Waals surface area (Å²) in [5.41, 5.74) is 2.16. The zero-order chi connectivity index (χ0) is 13.9. The predicted octanol–water partition coefficient (Wildman–Crippen LogP) is 3.52. The third-order valence-electron chi connectivity index (χ3n) is 3.87. The van der Waals surface area contributed by atoms with E-state index in [0.717, 1.165) is 37.0 Å². The van der Waals surface area contributed by atoms with Gasteiger partial charge in [0.15, 0.2) is 0 Å². The van der Waals surface area contributed by atoms with Crippen molar-refractivity contribution in [3.05, 3.63) is 18.5 Å². The summed E-state index contributed by atoms with van der Waals surface area (Å²) in [4.78, 5) is 8.87. The molecule has 3 rings (SSSR count). The number of rotatable bonds is 4. The summed E-state index contributed by atoms with van der Waals surface area (Å²) in [6.07, 6.45) is 6.18. The molecule has 0 unspecified atom stereocenters. The minimum atomic E-state index is 0. The van der Waals surface area contributed by atoms with Crippen molar-refractivity contribution < 1.29 is 0 Å². The van der Waals surface area contributed by atoms with Crippen molar-refractivity contribution in [2.75, 3.05) is 18.4 Å². The number of fused-ring (bicyclic) bond motifs is 1. The van der Waals surface area contributed by atoms with Gasteiger partial charge >= 0.3 is 0 Å². The van der Waals surface area contributed by atoms with Crippen LogP contribution in [0, 0.1) is 5.92 Å². The number of anilines is 1. The number of hydrogen-bond acceptors (Lipinski definition) is 4.